The van der Waals surface area contributed by atoms with Crippen molar-refractivity contribution < 1.29 is 38.9 Å². The zero-order chi connectivity index (χ0) is 20.9. The van der Waals surface area contributed by atoms with E-state index in [0.717, 1.165) is 11.1 Å². The molecule has 0 saturated heterocycles. The maximum absolute atomic E-state index is 10.7. The third kappa shape index (κ3) is 6.73. The first kappa shape index (κ1) is 22.0. The first-order valence-corrected chi connectivity index (χ1v) is 10.2. The minimum absolute atomic E-state index is 0.0780. The highest BCUT2D eigenvalue weighted by atomic mass is 31.2. The summed E-state index contributed by atoms with van der Waals surface area (Å²) >= 11 is 0. The minimum atomic E-state index is -4.65. The Morgan fingerprint density at radius 2 is 1.39 bits per heavy atom. The van der Waals surface area contributed by atoms with Crippen molar-refractivity contribution in [1.82, 2.24) is 0 Å². The Balaban J connectivity index is 1.98. The quantitative estimate of drug-likeness (QED) is 0.240. The SMILES string of the molecule is C[C@H](Cc1ccc(O)c(O)c1)[C@@H](C)Cc1ccc(O)c(OCOP(=O)(O)O)c1. The summed E-state index contributed by atoms with van der Waals surface area (Å²) in [5, 5.41) is 28.9. The highest BCUT2D eigenvalue weighted by Gasteiger charge is 2.17. The van der Waals surface area contributed by atoms with E-state index in [1.807, 2.05) is 0 Å². The average Bonchev–Trinajstić information content (AvgIpc) is 2.59. The molecule has 0 saturated carbocycles. The largest absolute Gasteiger partial charge is 0.504 e. The molecular weight excluding hydrogens is 387 g/mol. The second-order valence-corrected chi connectivity index (χ2v) is 8.11. The van der Waals surface area contributed by atoms with Gasteiger partial charge in [0.15, 0.2) is 23.0 Å². The molecule has 2 atom stereocenters. The maximum atomic E-state index is 10.7. The summed E-state index contributed by atoms with van der Waals surface area (Å²) in [5.74, 6) is 0.145. The summed E-state index contributed by atoms with van der Waals surface area (Å²) in [6.45, 7) is 3.48. The van der Waals surface area contributed by atoms with Crippen molar-refractivity contribution in [3.63, 3.8) is 0 Å². The number of phosphoric acid groups is 1. The van der Waals surface area contributed by atoms with Crippen LogP contribution in [0.25, 0.3) is 0 Å². The molecule has 0 heterocycles. The van der Waals surface area contributed by atoms with Crippen LogP contribution in [0.15, 0.2) is 36.4 Å². The first-order valence-electron chi connectivity index (χ1n) is 8.71. The number of phenols is 3. The van der Waals surface area contributed by atoms with Crippen molar-refractivity contribution in [3.05, 3.63) is 47.5 Å². The number of ether oxygens (including phenoxy) is 1. The van der Waals surface area contributed by atoms with Crippen LogP contribution < -0.4 is 4.74 Å². The fraction of sp³-hybridized carbons (Fsp3) is 0.368. The average molecular weight is 412 g/mol. The van der Waals surface area contributed by atoms with Crippen LogP contribution in [0.4, 0.5) is 0 Å². The molecule has 28 heavy (non-hydrogen) atoms. The standard InChI is InChI=1S/C19H25O8P/c1-12(7-14-3-5-16(20)18(22)9-14)13(2)8-15-4-6-17(21)19(10-15)26-11-27-28(23,24)25/h3-6,9-10,12-13,20-22H,7-8,11H2,1-2H3,(H2,23,24,25)/t12-,13+/m1/s1. The number of aromatic hydroxyl groups is 3. The van der Waals surface area contributed by atoms with E-state index < -0.39 is 14.6 Å². The molecule has 0 amide bonds. The summed E-state index contributed by atoms with van der Waals surface area (Å²) in [5.41, 5.74) is 1.80. The molecule has 5 N–H and O–H groups in total. The van der Waals surface area contributed by atoms with Crippen LogP contribution in [0.1, 0.15) is 25.0 Å². The number of phenolic OH excluding ortho intramolecular Hbond substituents is 3. The van der Waals surface area contributed by atoms with Crippen molar-refractivity contribution in [1.29, 1.82) is 0 Å². The van der Waals surface area contributed by atoms with Gasteiger partial charge in [0.25, 0.3) is 0 Å². The van der Waals surface area contributed by atoms with Gasteiger partial charge in [-0.15, -0.1) is 0 Å². The van der Waals surface area contributed by atoms with Gasteiger partial charge in [0.1, 0.15) is 0 Å². The van der Waals surface area contributed by atoms with Gasteiger partial charge < -0.3 is 29.8 Å². The molecule has 0 aliphatic heterocycles. The normalized spacial score (nSPS) is 13.9. The smallest absolute Gasteiger partial charge is 0.472 e. The highest BCUT2D eigenvalue weighted by molar-refractivity contribution is 7.46. The molecule has 0 bridgehead atoms. The zero-order valence-electron chi connectivity index (χ0n) is 15.6. The second-order valence-electron chi connectivity index (χ2n) is 6.87. The van der Waals surface area contributed by atoms with Crippen molar-refractivity contribution in [2.75, 3.05) is 6.79 Å². The number of hydrogen-bond acceptors (Lipinski definition) is 6. The third-order valence-corrected chi connectivity index (χ3v) is 5.03. The molecule has 8 nitrogen and oxygen atoms in total. The van der Waals surface area contributed by atoms with E-state index in [0.29, 0.717) is 12.8 Å². The topological polar surface area (TPSA) is 137 Å². The number of phosphoric ester groups is 1. The van der Waals surface area contributed by atoms with Gasteiger partial charge in [-0.1, -0.05) is 26.0 Å². The van der Waals surface area contributed by atoms with Crippen LogP contribution in [0, 0.1) is 11.8 Å². The Kier molecular flexibility index (Phi) is 7.32. The van der Waals surface area contributed by atoms with Crippen LogP contribution in [-0.2, 0) is 21.9 Å². The van der Waals surface area contributed by atoms with Crippen molar-refractivity contribution in [2.45, 2.75) is 26.7 Å². The van der Waals surface area contributed by atoms with Gasteiger partial charge in [0, 0.05) is 0 Å². The van der Waals surface area contributed by atoms with Crippen LogP contribution >= 0.6 is 7.82 Å². The van der Waals surface area contributed by atoms with E-state index in [2.05, 4.69) is 18.4 Å². The van der Waals surface area contributed by atoms with Gasteiger partial charge in [-0.25, -0.2) is 9.09 Å². The third-order valence-electron chi connectivity index (χ3n) is 4.59. The maximum Gasteiger partial charge on any atom is 0.472 e. The predicted octanol–water partition coefficient (Wildman–Crippen LogP) is 3.31. The Hall–Kier alpha value is -2.25. The lowest BCUT2D eigenvalue weighted by Gasteiger charge is -2.21. The van der Waals surface area contributed by atoms with Crippen molar-refractivity contribution in [3.8, 4) is 23.0 Å². The summed E-state index contributed by atoms with van der Waals surface area (Å²) in [6, 6.07) is 9.59. The molecule has 0 aromatic heterocycles. The molecule has 2 rings (SSSR count). The van der Waals surface area contributed by atoms with Gasteiger partial charge in [-0.2, -0.15) is 0 Å². The van der Waals surface area contributed by atoms with E-state index in [1.54, 1.807) is 24.3 Å². The van der Waals surface area contributed by atoms with E-state index >= 15 is 0 Å². The monoisotopic (exact) mass is 412 g/mol. The van der Waals surface area contributed by atoms with Gasteiger partial charge in [-0.3, -0.25) is 0 Å². The van der Waals surface area contributed by atoms with E-state index in [1.165, 1.54) is 12.1 Å². The highest BCUT2D eigenvalue weighted by Crippen LogP contribution is 2.36. The summed E-state index contributed by atoms with van der Waals surface area (Å²) in [6.07, 6.45) is 1.40. The van der Waals surface area contributed by atoms with Crippen LogP contribution in [-0.4, -0.2) is 31.9 Å². The molecule has 0 aliphatic carbocycles. The van der Waals surface area contributed by atoms with Crippen molar-refractivity contribution in [2.24, 2.45) is 11.8 Å². The Bertz CT molecular complexity index is 848. The minimum Gasteiger partial charge on any atom is -0.504 e. The van der Waals surface area contributed by atoms with Crippen molar-refractivity contribution >= 4 is 7.82 Å². The van der Waals surface area contributed by atoms with Gasteiger partial charge in [0.05, 0.1) is 0 Å². The van der Waals surface area contributed by atoms with E-state index in [4.69, 9.17) is 14.5 Å². The Labute approximate surface area is 163 Å². The lowest BCUT2D eigenvalue weighted by molar-refractivity contribution is 0.0806. The summed E-state index contributed by atoms with van der Waals surface area (Å²) < 4.78 is 20.0. The number of rotatable bonds is 9. The second kappa shape index (κ2) is 9.30. The Morgan fingerprint density at radius 1 is 0.857 bits per heavy atom. The van der Waals surface area contributed by atoms with Crippen LogP contribution in [0.2, 0.25) is 0 Å². The molecule has 2 aromatic carbocycles. The van der Waals surface area contributed by atoms with E-state index in [-0.39, 0.29) is 34.8 Å². The summed E-state index contributed by atoms with van der Waals surface area (Å²) in [7, 11) is -4.65. The molecule has 154 valence electrons. The molecule has 0 aliphatic rings. The molecule has 0 fully saturated rings. The molecule has 9 heteroatoms. The molecule has 0 radical (unpaired) electrons. The number of benzene rings is 2. The van der Waals surface area contributed by atoms with Gasteiger partial charge >= 0.3 is 7.82 Å². The molecule has 2 aromatic rings. The van der Waals surface area contributed by atoms with Gasteiger partial charge in [-0.05, 0) is 60.1 Å². The zero-order valence-corrected chi connectivity index (χ0v) is 16.5. The first-order chi connectivity index (χ1) is 13.0. The van der Waals surface area contributed by atoms with E-state index in [9.17, 15) is 19.9 Å². The predicted molar refractivity (Wildman–Crippen MR) is 102 cm³/mol. The number of hydrogen-bond donors (Lipinski definition) is 5. The lowest BCUT2D eigenvalue weighted by atomic mass is 9.85. The fourth-order valence-corrected chi connectivity index (χ4v) is 2.99. The van der Waals surface area contributed by atoms with Gasteiger partial charge in [0.2, 0.25) is 6.79 Å². The van der Waals surface area contributed by atoms with Crippen LogP contribution in [0.5, 0.6) is 23.0 Å². The lowest BCUT2D eigenvalue weighted by Crippen LogP contribution is -2.13. The molecular formula is C19H25O8P. The fourth-order valence-electron chi connectivity index (χ4n) is 2.80. The Morgan fingerprint density at radius 3 is 1.93 bits per heavy atom. The molecule has 0 unspecified atom stereocenters. The summed E-state index contributed by atoms with van der Waals surface area (Å²) in [4.78, 5) is 17.3. The molecule has 0 spiro atoms. The van der Waals surface area contributed by atoms with Crippen LogP contribution in [0.3, 0.4) is 0 Å².